The molecular formula is C75H147N9O36. The Balaban J connectivity index is 0. The van der Waals surface area contributed by atoms with E-state index in [9.17, 15) is 43.5 Å². The van der Waals surface area contributed by atoms with Gasteiger partial charge in [0, 0.05) is 93.6 Å². The van der Waals surface area contributed by atoms with Gasteiger partial charge in [0.1, 0.15) is 58.0 Å². The second-order valence-electron chi connectivity index (χ2n) is 24.8. The molecule has 0 rings (SSSR count). The summed E-state index contributed by atoms with van der Waals surface area (Å²) < 4.78 is 141. The minimum atomic E-state index is -0.904. The topological polar surface area (TPSA) is 528 Å². The summed E-state index contributed by atoms with van der Waals surface area (Å²) >= 11 is 0. The fourth-order valence-corrected chi connectivity index (χ4v) is 8.40. The number of carbonyl (C=O) groups excluding carboxylic acids is 8. The summed E-state index contributed by atoms with van der Waals surface area (Å²) in [6, 6.07) is 0. The average molecular weight is 1750 g/mol. The predicted octanol–water partition coefficient (Wildman–Crippen LogP) is -5.58. The first-order valence-electron chi connectivity index (χ1n) is 40.6. The molecule has 0 saturated carbocycles. The molecule has 0 aliphatic carbocycles. The molecule has 0 saturated heterocycles. The molecule has 0 aliphatic rings. The van der Waals surface area contributed by atoms with Crippen molar-refractivity contribution in [2.75, 3.05) is 391 Å². The molecule has 0 radical (unpaired) electrons. The number of carbonyl (C=O) groups is 8. The summed E-state index contributed by atoms with van der Waals surface area (Å²) in [4.78, 5) is 99.7. The lowest BCUT2D eigenvalue weighted by molar-refractivity contribution is -0.133. The number of rotatable bonds is 95. The quantitative estimate of drug-likeness (QED) is 0.0200. The molecular weight excluding hydrogens is 1600 g/mol. The van der Waals surface area contributed by atoms with Crippen LogP contribution in [-0.2, 0) is 166 Å². The molecule has 0 unspecified atom stereocenters. The van der Waals surface area contributed by atoms with Gasteiger partial charge >= 0.3 is 0 Å². The third kappa shape index (κ3) is 94.8. The summed E-state index contributed by atoms with van der Waals surface area (Å²) in [7, 11) is 6.33. The number of amides is 8. The predicted molar refractivity (Wildman–Crippen MR) is 428 cm³/mol. The number of hydrogen-bond acceptors (Lipinski definition) is 37. The number of aliphatic hydroxyl groups is 1. The molecule has 708 valence electrons. The third-order valence-electron chi connectivity index (χ3n) is 14.5. The van der Waals surface area contributed by atoms with Gasteiger partial charge < -0.3 is 176 Å². The van der Waals surface area contributed by atoms with Gasteiger partial charge in [-0.15, -0.1) is 0 Å². The smallest absolute Gasteiger partial charge is 0.246 e. The minimum Gasteiger partial charge on any atom is -0.388 e. The first kappa shape index (κ1) is 117. The van der Waals surface area contributed by atoms with Crippen molar-refractivity contribution in [3.05, 3.63) is 0 Å². The first-order chi connectivity index (χ1) is 58.7. The van der Waals surface area contributed by atoms with Crippen LogP contribution >= 0.6 is 0 Å². The molecule has 0 aromatic carbocycles. The zero-order valence-electron chi connectivity index (χ0n) is 71.8. The van der Waals surface area contributed by atoms with Crippen LogP contribution in [0.4, 0.5) is 0 Å². The maximum absolute atomic E-state index is 12.7. The van der Waals surface area contributed by atoms with Crippen molar-refractivity contribution in [3.63, 3.8) is 0 Å². The van der Waals surface area contributed by atoms with Crippen LogP contribution < -0.4 is 48.4 Å². The van der Waals surface area contributed by atoms with Crippen LogP contribution in [-0.4, -0.2) is 462 Å². The lowest BCUT2D eigenvalue weighted by Gasteiger charge is -2.18. The van der Waals surface area contributed by atoms with Crippen molar-refractivity contribution in [1.29, 1.82) is 0 Å². The lowest BCUT2D eigenvalue weighted by Crippen LogP contribution is -2.35. The molecule has 0 aromatic heterocycles. The molecule has 0 bridgehead atoms. The van der Waals surface area contributed by atoms with Crippen LogP contribution in [0.2, 0.25) is 0 Å². The van der Waals surface area contributed by atoms with Crippen molar-refractivity contribution in [1.82, 2.24) is 42.5 Å². The lowest BCUT2D eigenvalue weighted by atomic mass is 10.3. The minimum absolute atomic E-state index is 0.00204. The van der Waals surface area contributed by atoms with Crippen LogP contribution in [0.15, 0.2) is 0 Å². The van der Waals surface area contributed by atoms with E-state index >= 15 is 0 Å². The van der Waals surface area contributed by atoms with Crippen molar-refractivity contribution in [2.45, 2.75) is 50.9 Å². The van der Waals surface area contributed by atoms with E-state index in [2.05, 4.69) is 47.4 Å². The van der Waals surface area contributed by atoms with Gasteiger partial charge in [-0.05, 0) is 12.8 Å². The second kappa shape index (κ2) is 97.4. The van der Waals surface area contributed by atoms with E-state index in [0.29, 0.717) is 112 Å². The molecule has 0 atom stereocenters. The van der Waals surface area contributed by atoms with Gasteiger partial charge in [-0.3, -0.25) is 38.4 Å². The van der Waals surface area contributed by atoms with E-state index in [1.54, 1.807) is 35.4 Å². The second-order valence-corrected chi connectivity index (χ2v) is 24.8. The highest BCUT2D eigenvalue weighted by atomic mass is 16.6. The van der Waals surface area contributed by atoms with Crippen LogP contribution in [0.25, 0.3) is 0 Å². The summed E-state index contributed by atoms with van der Waals surface area (Å²) in [6.45, 7) is 14.4. The van der Waals surface area contributed by atoms with E-state index in [4.69, 9.17) is 129 Å². The Kier molecular flexibility index (Phi) is 94.7. The Labute approximate surface area is 707 Å². The van der Waals surface area contributed by atoms with Gasteiger partial charge in [0.15, 0.2) is 0 Å². The Morgan fingerprint density at radius 2 is 0.467 bits per heavy atom. The Morgan fingerprint density at radius 3 is 0.733 bits per heavy atom. The van der Waals surface area contributed by atoms with Crippen LogP contribution in [0.3, 0.4) is 0 Å². The molecule has 120 heavy (non-hydrogen) atoms. The molecule has 11 N–H and O–H groups in total. The van der Waals surface area contributed by atoms with Crippen molar-refractivity contribution >= 4 is 47.3 Å². The monoisotopic (exact) mass is 1750 g/mol. The highest BCUT2D eigenvalue weighted by Crippen LogP contribution is 2.01. The molecule has 45 heteroatoms. The highest BCUT2D eigenvalue weighted by Gasteiger charge is 2.17. The molecule has 0 aliphatic heterocycles. The summed E-state index contributed by atoms with van der Waals surface area (Å²) in [5.74, 6) is 2.87. The van der Waals surface area contributed by atoms with E-state index in [0.717, 1.165) is 12.8 Å². The number of methoxy groups -OCH3 is 4. The summed E-state index contributed by atoms with van der Waals surface area (Å²) in [6.07, 6.45) is 0.284. The van der Waals surface area contributed by atoms with Gasteiger partial charge in [0.2, 0.25) is 47.3 Å². The molecule has 0 heterocycles. The van der Waals surface area contributed by atoms with Crippen molar-refractivity contribution in [3.8, 4) is 0 Å². The largest absolute Gasteiger partial charge is 0.388 e. The zero-order valence-corrected chi connectivity index (χ0v) is 71.8. The van der Waals surface area contributed by atoms with Gasteiger partial charge in [-0.2, -0.15) is 0 Å². The maximum Gasteiger partial charge on any atom is 0.246 e. The number of unbranched alkanes of at least 4 members (excludes halogenated alkanes) is 1. The van der Waals surface area contributed by atoms with E-state index < -0.39 is 18.3 Å². The highest BCUT2D eigenvalue weighted by molar-refractivity contribution is 5.80. The Hall–Kier alpha value is -5.40. The van der Waals surface area contributed by atoms with E-state index in [1.165, 1.54) is 0 Å². The fraction of sp³-hybridized carbons (Fsp3) is 0.893. The van der Waals surface area contributed by atoms with Crippen LogP contribution in [0.5, 0.6) is 0 Å². The third-order valence-corrected chi connectivity index (χ3v) is 14.5. The summed E-state index contributed by atoms with van der Waals surface area (Å²) in [5, 5.41) is 32.0. The molecule has 45 nitrogen and oxygen atoms in total. The molecule has 0 spiro atoms. The number of nitrogens with one attached hydrogen (secondary N) is 8. The first-order valence-corrected chi connectivity index (χ1v) is 40.6. The zero-order chi connectivity index (χ0) is 87.8. The van der Waals surface area contributed by atoms with Crippen molar-refractivity contribution < 1.29 is 171 Å². The normalized spacial score (nSPS) is 11.3. The standard InChI is InChI=1S/C65H126N6O33.C10H21N3O3/c1-79-17-21-89-31-41-99-51-60(73)66-5-11-85-27-37-95-47-58(48-96-38-28-86-12-6-67-61(74)52-100-42-32-90-22-18-80-2)103-55-64(77)70-9-15-83-25-35-93-45-57(72)46-94-36-26-84-16-10-71-65(78)56-104-59(49-97-39-29-87-13-7-68-62(75)53-101-43-33-91-23-19-81-3)50-98-40-30-88-14-8-69-63(76)54-102-44-34-92-24-20-82-4;1-2-9(14)13-7-5-10(15)12-6-3-4-8-16-11/h57-59,72H,5-56H2,1-4H3,(H,66,73)(H,67,74)(H,68,75)(H,69,76)(H,70,77)(H,71,78);2-8,11H2,1H3,(H,12,15)(H,13,14). The number of hydrogen-bond donors (Lipinski definition) is 10. The molecule has 0 aromatic rings. The average Bonchev–Trinajstić information content (AvgIpc) is 0.979. The summed E-state index contributed by atoms with van der Waals surface area (Å²) in [5.41, 5.74) is 0. The molecule has 0 fully saturated rings. The van der Waals surface area contributed by atoms with Gasteiger partial charge in [0.25, 0.3) is 0 Å². The van der Waals surface area contributed by atoms with Crippen LogP contribution in [0.1, 0.15) is 32.6 Å². The van der Waals surface area contributed by atoms with E-state index in [-0.39, 0.29) is 311 Å². The van der Waals surface area contributed by atoms with E-state index in [1.807, 2.05) is 0 Å². The fourth-order valence-electron chi connectivity index (χ4n) is 8.40. The van der Waals surface area contributed by atoms with Crippen LogP contribution in [0, 0.1) is 0 Å². The van der Waals surface area contributed by atoms with Gasteiger partial charge in [0.05, 0.1) is 271 Å². The number of nitrogens with two attached hydrogens (primary N) is 1. The molecule has 8 amide bonds. The van der Waals surface area contributed by atoms with Crippen molar-refractivity contribution in [2.24, 2.45) is 5.90 Å². The van der Waals surface area contributed by atoms with Gasteiger partial charge in [-0.25, -0.2) is 5.90 Å². The maximum atomic E-state index is 12.7. The Bertz CT molecular complexity index is 2080. The SMILES string of the molecule is CCC(=O)NCCC(=O)NCCCCON.COCCOCCOCC(=O)NCCOCCOCC(COCCOCCNC(=O)COCCOCCOC)OCC(=O)NCCOCCOCC(O)COCCOCCNC(=O)COC(COCCOCCNC(=O)COCCOCCOC)COCCOCCNC(=O)COCCOCCOC. The van der Waals surface area contributed by atoms with Gasteiger partial charge in [-0.1, -0.05) is 6.92 Å². The Morgan fingerprint density at radius 1 is 0.242 bits per heavy atom. The number of aliphatic hydroxyl groups excluding tert-OH is 1. The number of ether oxygens (including phenoxy) is 26.